The Bertz CT molecular complexity index is 914. The Morgan fingerprint density at radius 2 is 1.78 bits per heavy atom. The molecule has 2 aliphatic rings. The van der Waals surface area contributed by atoms with Crippen LogP contribution in [-0.2, 0) is 4.74 Å². The summed E-state index contributed by atoms with van der Waals surface area (Å²) in [5.74, 6) is -0.758. The third-order valence-corrected chi connectivity index (χ3v) is 5.28. The lowest BCUT2D eigenvalue weighted by atomic mass is 9.93. The molecule has 2 aromatic rings. The number of benzene rings is 2. The summed E-state index contributed by atoms with van der Waals surface area (Å²) < 4.78 is 5.34. The maximum Gasteiger partial charge on any atom is 0.277 e. The van der Waals surface area contributed by atoms with Crippen LogP contribution in [0, 0.1) is 10.1 Å². The number of carbonyl (C=O) groups is 2. The summed E-state index contributed by atoms with van der Waals surface area (Å²) >= 11 is 0. The Kier molecular flexibility index (Phi) is 4.59. The van der Waals surface area contributed by atoms with Gasteiger partial charge in [-0.2, -0.15) is 0 Å². The van der Waals surface area contributed by atoms with Crippen LogP contribution in [0.5, 0.6) is 0 Å². The highest BCUT2D eigenvalue weighted by Crippen LogP contribution is 2.35. The van der Waals surface area contributed by atoms with Crippen LogP contribution in [0.4, 0.5) is 5.69 Å². The fourth-order valence-corrected chi connectivity index (χ4v) is 3.89. The molecule has 0 radical (unpaired) electrons. The van der Waals surface area contributed by atoms with E-state index in [-0.39, 0.29) is 17.5 Å². The van der Waals surface area contributed by atoms with Gasteiger partial charge < -0.3 is 9.64 Å². The quantitative estimate of drug-likeness (QED) is 0.474. The van der Waals surface area contributed by atoms with Crippen LogP contribution >= 0.6 is 0 Å². The summed E-state index contributed by atoms with van der Waals surface area (Å²) in [6.45, 7) is 4.57. The average Bonchev–Trinajstić information content (AvgIpc) is 2.69. The molecule has 0 aliphatic carbocycles. The van der Waals surface area contributed by atoms with Crippen LogP contribution in [0.2, 0.25) is 0 Å². The van der Waals surface area contributed by atoms with E-state index >= 15 is 0 Å². The third-order valence-electron chi connectivity index (χ3n) is 5.28. The molecule has 2 heterocycles. The van der Waals surface area contributed by atoms with E-state index in [0.29, 0.717) is 34.9 Å². The fraction of sp³-hybridized carbons (Fsp3) is 0.368. The number of rotatable bonds is 5. The number of nitrogens with one attached hydrogen (secondary N) is 1. The van der Waals surface area contributed by atoms with Gasteiger partial charge in [0.05, 0.1) is 30.1 Å². The first kappa shape index (κ1) is 17.6. The molecule has 8 heteroatoms. The van der Waals surface area contributed by atoms with Crippen molar-refractivity contribution in [3.05, 3.63) is 51.6 Å². The van der Waals surface area contributed by atoms with E-state index in [0.717, 1.165) is 32.8 Å². The molecule has 0 aromatic heterocycles. The van der Waals surface area contributed by atoms with Crippen molar-refractivity contribution >= 4 is 28.3 Å². The SMILES string of the molecule is O=C1c2cccc3c([N+](=O)[O-])ccc(c23)C(=O)N1CCC[NH+]1CCOCC1. The smallest absolute Gasteiger partial charge is 0.277 e. The van der Waals surface area contributed by atoms with Gasteiger partial charge in [0.15, 0.2) is 0 Å². The third kappa shape index (κ3) is 3.07. The lowest BCUT2D eigenvalue weighted by Gasteiger charge is -2.28. The predicted octanol–water partition coefficient (Wildman–Crippen LogP) is 0.649. The number of hydrogen-bond acceptors (Lipinski definition) is 5. The highest BCUT2D eigenvalue weighted by Gasteiger charge is 2.34. The number of nitro benzene ring substituents is 1. The summed E-state index contributed by atoms with van der Waals surface area (Å²) in [7, 11) is 0. The van der Waals surface area contributed by atoms with Gasteiger partial charge in [0.1, 0.15) is 13.1 Å². The second-order valence-electron chi connectivity index (χ2n) is 6.85. The molecule has 0 atom stereocenters. The molecule has 4 rings (SSSR count). The number of ether oxygens (including phenoxy) is 1. The molecule has 1 N–H and O–H groups in total. The van der Waals surface area contributed by atoms with Crippen molar-refractivity contribution in [2.75, 3.05) is 39.4 Å². The van der Waals surface area contributed by atoms with E-state index in [1.54, 1.807) is 18.2 Å². The van der Waals surface area contributed by atoms with Crippen molar-refractivity contribution in [3.8, 4) is 0 Å². The van der Waals surface area contributed by atoms with Crippen LogP contribution < -0.4 is 4.90 Å². The summed E-state index contributed by atoms with van der Waals surface area (Å²) in [5, 5.41) is 12.0. The minimum atomic E-state index is -0.491. The highest BCUT2D eigenvalue weighted by molar-refractivity contribution is 6.26. The first-order chi connectivity index (χ1) is 13.1. The molecular formula is C19H20N3O5+. The normalized spacial score (nSPS) is 17.6. The van der Waals surface area contributed by atoms with Crippen LogP contribution in [0.3, 0.4) is 0 Å². The molecule has 2 aromatic carbocycles. The molecule has 0 unspecified atom stereocenters. The highest BCUT2D eigenvalue weighted by atomic mass is 16.6. The summed E-state index contributed by atoms with van der Waals surface area (Å²) in [5.41, 5.74) is 0.606. The zero-order chi connectivity index (χ0) is 19.0. The van der Waals surface area contributed by atoms with Gasteiger partial charge in [-0.25, -0.2) is 0 Å². The van der Waals surface area contributed by atoms with Crippen molar-refractivity contribution in [1.29, 1.82) is 0 Å². The minimum absolute atomic E-state index is 0.0967. The number of imide groups is 1. The van der Waals surface area contributed by atoms with E-state index in [4.69, 9.17) is 4.74 Å². The van der Waals surface area contributed by atoms with Gasteiger partial charge in [-0.15, -0.1) is 0 Å². The van der Waals surface area contributed by atoms with E-state index in [1.165, 1.54) is 21.9 Å². The number of amides is 2. The number of nitrogens with zero attached hydrogens (tertiary/aromatic N) is 2. The molecule has 1 saturated heterocycles. The molecule has 140 valence electrons. The van der Waals surface area contributed by atoms with Crippen molar-refractivity contribution in [1.82, 2.24) is 4.90 Å². The Balaban J connectivity index is 1.60. The van der Waals surface area contributed by atoms with Crippen LogP contribution in [0.1, 0.15) is 27.1 Å². The maximum atomic E-state index is 12.9. The number of hydrogen-bond donors (Lipinski definition) is 1. The molecule has 8 nitrogen and oxygen atoms in total. The molecule has 27 heavy (non-hydrogen) atoms. The monoisotopic (exact) mass is 370 g/mol. The molecular weight excluding hydrogens is 350 g/mol. The molecule has 2 aliphatic heterocycles. The van der Waals surface area contributed by atoms with Crippen LogP contribution in [-0.4, -0.2) is 61.0 Å². The lowest BCUT2D eigenvalue weighted by Crippen LogP contribution is -3.14. The molecule has 0 bridgehead atoms. The van der Waals surface area contributed by atoms with Gasteiger partial charge >= 0.3 is 0 Å². The van der Waals surface area contributed by atoms with Crippen LogP contribution in [0.25, 0.3) is 10.8 Å². The second kappa shape index (κ2) is 7.05. The Labute approximate surface area is 155 Å². The lowest BCUT2D eigenvalue weighted by molar-refractivity contribution is -0.908. The van der Waals surface area contributed by atoms with E-state index in [1.807, 2.05) is 0 Å². The second-order valence-corrected chi connectivity index (χ2v) is 6.85. The predicted molar refractivity (Wildman–Crippen MR) is 97.0 cm³/mol. The summed E-state index contributed by atoms with van der Waals surface area (Å²) in [6, 6.07) is 7.63. The van der Waals surface area contributed by atoms with Crippen molar-refractivity contribution < 1.29 is 24.1 Å². The van der Waals surface area contributed by atoms with Crippen molar-refractivity contribution in [3.63, 3.8) is 0 Å². The van der Waals surface area contributed by atoms with Gasteiger partial charge in [-0.05, 0) is 18.2 Å². The van der Waals surface area contributed by atoms with Gasteiger partial charge in [-0.3, -0.25) is 24.6 Å². The molecule has 1 fully saturated rings. The number of morpholine rings is 1. The van der Waals surface area contributed by atoms with Crippen LogP contribution in [0.15, 0.2) is 30.3 Å². The zero-order valence-electron chi connectivity index (χ0n) is 14.8. The van der Waals surface area contributed by atoms with Gasteiger partial charge in [0.2, 0.25) is 0 Å². The van der Waals surface area contributed by atoms with E-state index in [9.17, 15) is 19.7 Å². The largest absolute Gasteiger partial charge is 0.370 e. The number of quaternary nitrogens is 1. The summed E-state index contributed by atoms with van der Waals surface area (Å²) in [4.78, 5) is 39.2. The summed E-state index contributed by atoms with van der Waals surface area (Å²) in [6.07, 6.45) is 0.713. The van der Waals surface area contributed by atoms with E-state index < -0.39 is 4.92 Å². The van der Waals surface area contributed by atoms with E-state index in [2.05, 4.69) is 0 Å². The molecule has 0 spiro atoms. The number of carbonyl (C=O) groups excluding carboxylic acids is 2. The average molecular weight is 370 g/mol. The van der Waals surface area contributed by atoms with Crippen molar-refractivity contribution in [2.45, 2.75) is 6.42 Å². The molecule has 0 saturated carbocycles. The van der Waals surface area contributed by atoms with Crippen molar-refractivity contribution in [2.24, 2.45) is 0 Å². The van der Waals surface area contributed by atoms with Gasteiger partial charge in [0.25, 0.3) is 17.5 Å². The Morgan fingerprint density at radius 1 is 1.07 bits per heavy atom. The van der Waals surface area contributed by atoms with Gasteiger partial charge in [0, 0.05) is 35.5 Å². The Morgan fingerprint density at radius 3 is 2.48 bits per heavy atom. The first-order valence-corrected chi connectivity index (χ1v) is 9.05. The Hall–Kier alpha value is -2.84. The van der Waals surface area contributed by atoms with Gasteiger partial charge in [-0.1, -0.05) is 6.07 Å². The minimum Gasteiger partial charge on any atom is -0.370 e. The topological polar surface area (TPSA) is 94.2 Å². The fourth-order valence-electron chi connectivity index (χ4n) is 3.89. The number of non-ortho nitro benzene ring substituents is 1. The zero-order valence-corrected chi connectivity index (χ0v) is 14.8. The standard InChI is InChI=1S/C19H19N3O5/c23-18-14-4-1-3-13-16(22(25)26)6-5-15(17(13)14)19(24)21(18)8-2-7-20-9-11-27-12-10-20/h1,3-6H,2,7-12H2/p+1. The maximum absolute atomic E-state index is 12.9. The first-order valence-electron chi connectivity index (χ1n) is 9.05. The number of nitro groups is 1. The molecule has 2 amide bonds.